The lowest BCUT2D eigenvalue weighted by Gasteiger charge is -2.29. The monoisotopic (exact) mass is 454 g/mol. The summed E-state index contributed by atoms with van der Waals surface area (Å²) in [7, 11) is 0. The Morgan fingerprint density at radius 3 is 2.39 bits per heavy atom. The van der Waals surface area contributed by atoms with E-state index in [1.165, 1.54) is 4.90 Å². The molecule has 2 amide bonds. The molecule has 176 valence electrons. The van der Waals surface area contributed by atoms with Crippen LogP contribution in [0.15, 0.2) is 42.5 Å². The van der Waals surface area contributed by atoms with Crippen LogP contribution in [0.25, 0.3) is 0 Å². The summed E-state index contributed by atoms with van der Waals surface area (Å²) in [6, 6.07) is 11.7. The second-order valence-corrected chi connectivity index (χ2v) is 9.03. The number of nitrogens with two attached hydrogens (primary N) is 1. The van der Waals surface area contributed by atoms with Crippen LogP contribution in [0.1, 0.15) is 60.7 Å². The van der Waals surface area contributed by atoms with E-state index in [9.17, 15) is 19.5 Å². The largest absolute Gasteiger partial charge is 0.489 e. The number of aliphatic hydroxyl groups is 1. The number of hydrogen-bond donors (Lipinski definition) is 2. The summed E-state index contributed by atoms with van der Waals surface area (Å²) in [4.78, 5) is 38.9. The molecule has 0 bridgehead atoms. The van der Waals surface area contributed by atoms with Crippen LogP contribution < -0.4 is 10.5 Å². The van der Waals surface area contributed by atoms with Crippen LogP contribution in [0.4, 0.5) is 0 Å². The van der Waals surface area contributed by atoms with Crippen molar-refractivity contribution in [2.24, 2.45) is 5.73 Å². The number of carbonyl (C=O) groups excluding carboxylic acids is 3. The van der Waals surface area contributed by atoms with Gasteiger partial charge in [0.1, 0.15) is 24.0 Å². The van der Waals surface area contributed by atoms with Gasteiger partial charge in [-0.3, -0.25) is 9.59 Å². The number of carbonyl (C=O) groups is 3. The van der Waals surface area contributed by atoms with Gasteiger partial charge in [-0.05, 0) is 50.5 Å². The number of rotatable bonds is 9. The van der Waals surface area contributed by atoms with E-state index in [1.807, 2.05) is 24.3 Å². The van der Waals surface area contributed by atoms with E-state index in [0.29, 0.717) is 16.9 Å². The average molecular weight is 455 g/mol. The lowest BCUT2D eigenvalue weighted by molar-refractivity contribution is -0.160. The third-order valence-corrected chi connectivity index (χ3v) is 5.27. The van der Waals surface area contributed by atoms with E-state index in [2.05, 4.69) is 0 Å². The molecule has 2 aromatic rings. The summed E-state index contributed by atoms with van der Waals surface area (Å²) >= 11 is 0. The summed E-state index contributed by atoms with van der Waals surface area (Å²) in [6.45, 7) is 5.66. The van der Waals surface area contributed by atoms with Crippen molar-refractivity contribution >= 4 is 17.8 Å². The molecule has 1 heterocycles. The van der Waals surface area contributed by atoms with Crippen molar-refractivity contribution in [2.45, 2.75) is 65.0 Å². The molecule has 8 heteroatoms. The van der Waals surface area contributed by atoms with Gasteiger partial charge in [-0.25, -0.2) is 4.79 Å². The van der Waals surface area contributed by atoms with Gasteiger partial charge in [0.15, 0.2) is 0 Å². The lowest BCUT2D eigenvalue weighted by atomic mass is 10.1. The van der Waals surface area contributed by atoms with E-state index in [4.69, 9.17) is 15.2 Å². The molecule has 0 aromatic heterocycles. The van der Waals surface area contributed by atoms with Crippen molar-refractivity contribution in [3.05, 3.63) is 64.7 Å². The van der Waals surface area contributed by atoms with E-state index >= 15 is 0 Å². The molecule has 0 saturated carbocycles. The summed E-state index contributed by atoms with van der Waals surface area (Å²) in [5.74, 6) is -0.893. The molecule has 1 unspecified atom stereocenters. The third-order valence-electron chi connectivity index (χ3n) is 5.27. The number of amides is 2. The molecule has 1 aliphatic rings. The van der Waals surface area contributed by atoms with Crippen molar-refractivity contribution in [3.8, 4) is 5.75 Å². The van der Waals surface area contributed by atoms with Crippen LogP contribution in [-0.2, 0) is 34.1 Å². The molecule has 0 aliphatic carbocycles. The molecule has 0 saturated heterocycles. The Balaban J connectivity index is 1.80. The molecule has 0 radical (unpaired) electrons. The van der Waals surface area contributed by atoms with Gasteiger partial charge in [-0.15, -0.1) is 0 Å². The van der Waals surface area contributed by atoms with Crippen molar-refractivity contribution in [3.63, 3.8) is 0 Å². The molecular weight excluding hydrogens is 424 g/mol. The molecule has 1 aliphatic heterocycles. The minimum absolute atomic E-state index is 0.0279. The van der Waals surface area contributed by atoms with Crippen molar-refractivity contribution < 1.29 is 29.0 Å². The van der Waals surface area contributed by atoms with Gasteiger partial charge in [0.2, 0.25) is 5.91 Å². The summed E-state index contributed by atoms with van der Waals surface area (Å²) in [5.41, 5.74) is 7.42. The predicted octanol–water partition coefficient (Wildman–Crippen LogP) is 2.69. The van der Waals surface area contributed by atoms with E-state index in [0.717, 1.165) is 11.1 Å². The maximum Gasteiger partial charge on any atom is 0.329 e. The summed E-state index contributed by atoms with van der Waals surface area (Å²) in [6.07, 6.45) is 0.0363. The Morgan fingerprint density at radius 1 is 1.12 bits per heavy atom. The van der Waals surface area contributed by atoms with Gasteiger partial charge in [0.05, 0.1) is 13.2 Å². The summed E-state index contributed by atoms with van der Waals surface area (Å²) < 4.78 is 11.5. The number of nitrogens with zero attached hydrogens (tertiary/aromatic N) is 1. The second kappa shape index (κ2) is 10.0. The molecule has 1 atom stereocenters. The standard InChI is InChI=1S/C25H30N2O6/c1-25(2,3)33-24(31)20(11-12-22(26)29)27-13-19-18(23(27)30)5-4-6-21(19)32-15-17-9-7-16(14-28)8-10-17/h4-10,20,28H,11-15H2,1-3H3,(H2,26,29). The smallest absolute Gasteiger partial charge is 0.329 e. The van der Waals surface area contributed by atoms with Crippen LogP contribution in [0.2, 0.25) is 0 Å². The van der Waals surface area contributed by atoms with Crippen LogP contribution in [0, 0.1) is 0 Å². The average Bonchev–Trinajstić information content (AvgIpc) is 3.08. The first-order chi connectivity index (χ1) is 15.6. The van der Waals surface area contributed by atoms with Crippen molar-refractivity contribution in [1.29, 1.82) is 0 Å². The molecule has 2 aromatic carbocycles. The molecule has 3 N–H and O–H groups in total. The molecule has 0 spiro atoms. The number of fused-ring (bicyclic) bond motifs is 1. The Labute approximate surface area is 193 Å². The van der Waals surface area contributed by atoms with Gasteiger partial charge in [0, 0.05) is 17.5 Å². The van der Waals surface area contributed by atoms with Gasteiger partial charge >= 0.3 is 5.97 Å². The fraction of sp³-hybridized carbons (Fsp3) is 0.400. The van der Waals surface area contributed by atoms with Gasteiger partial charge in [0.25, 0.3) is 5.91 Å². The van der Waals surface area contributed by atoms with Crippen LogP contribution in [0.5, 0.6) is 5.75 Å². The summed E-state index contributed by atoms with van der Waals surface area (Å²) in [5, 5.41) is 9.18. The maximum atomic E-state index is 13.2. The Bertz CT molecular complexity index is 1030. The predicted molar refractivity (Wildman–Crippen MR) is 121 cm³/mol. The molecule has 33 heavy (non-hydrogen) atoms. The van der Waals surface area contributed by atoms with Gasteiger partial charge < -0.3 is 25.2 Å². The minimum atomic E-state index is -0.935. The van der Waals surface area contributed by atoms with Crippen LogP contribution in [-0.4, -0.2) is 39.4 Å². The number of benzene rings is 2. The van der Waals surface area contributed by atoms with E-state index in [1.54, 1.807) is 39.0 Å². The van der Waals surface area contributed by atoms with Gasteiger partial charge in [-0.1, -0.05) is 30.3 Å². The zero-order valence-electron chi connectivity index (χ0n) is 19.2. The normalized spacial score (nSPS) is 14.1. The first kappa shape index (κ1) is 24.3. The SMILES string of the molecule is CC(C)(C)OC(=O)C(CCC(N)=O)N1Cc2c(OCc3ccc(CO)cc3)cccc2C1=O. The van der Waals surface area contributed by atoms with Gasteiger partial charge in [-0.2, -0.15) is 0 Å². The quantitative estimate of drug-likeness (QED) is 0.562. The van der Waals surface area contributed by atoms with E-state index in [-0.39, 0.29) is 38.5 Å². The first-order valence-electron chi connectivity index (χ1n) is 10.8. The van der Waals surface area contributed by atoms with Crippen molar-refractivity contribution in [1.82, 2.24) is 4.90 Å². The fourth-order valence-corrected chi connectivity index (χ4v) is 3.66. The fourth-order valence-electron chi connectivity index (χ4n) is 3.66. The highest BCUT2D eigenvalue weighted by molar-refractivity contribution is 6.01. The lowest BCUT2D eigenvalue weighted by Crippen LogP contribution is -2.45. The Hall–Kier alpha value is -3.39. The minimum Gasteiger partial charge on any atom is -0.489 e. The third kappa shape index (κ3) is 6.10. The maximum absolute atomic E-state index is 13.2. The molecule has 3 rings (SSSR count). The molecule has 0 fully saturated rings. The number of hydrogen-bond acceptors (Lipinski definition) is 6. The zero-order valence-corrected chi connectivity index (χ0v) is 19.2. The topological polar surface area (TPSA) is 119 Å². The van der Waals surface area contributed by atoms with Crippen LogP contribution in [0.3, 0.4) is 0 Å². The molecular formula is C25H30N2O6. The second-order valence-electron chi connectivity index (χ2n) is 9.03. The zero-order chi connectivity index (χ0) is 24.2. The Kier molecular flexibility index (Phi) is 7.38. The highest BCUT2D eigenvalue weighted by atomic mass is 16.6. The number of ether oxygens (including phenoxy) is 2. The van der Waals surface area contributed by atoms with Crippen molar-refractivity contribution in [2.75, 3.05) is 0 Å². The first-order valence-corrected chi connectivity index (χ1v) is 10.8. The van der Waals surface area contributed by atoms with E-state index < -0.39 is 23.5 Å². The highest BCUT2D eigenvalue weighted by Gasteiger charge is 2.39. The number of primary amides is 1. The number of esters is 1. The number of aliphatic hydroxyl groups excluding tert-OH is 1. The molecule has 8 nitrogen and oxygen atoms in total. The highest BCUT2D eigenvalue weighted by Crippen LogP contribution is 2.34. The Morgan fingerprint density at radius 2 is 1.79 bits per heavy atom. The van der Waals surface area contributed by atoms with Crippen LogP contribution >= 0.6 is 0 Å².